The summed E-state index contributed by atoms with van der Waals surface area (Å²) >= 11 is 0. The fraction of sp³-hybridized carbons (Fsp3) is 1.00. The summed E-state index contributed by atoms with van der Waals surface area (Å²) in [7, 11) is 0. The molecule has 1 aliphatic rings. The van der Waals surface area contributed by atoms with Gasteiger partial charge in [0, 0.05) is 0 Å². The second-order valence-corrected chi connectivity index (χ2v) is 3.29. The molecule has 7 heteroatoms. The van der Waals surface area contributed by atoms with Crippen LogP contribution in [-0.2, 0) is 0 Å². The molecule has 0 amide bonds. The maximum absolute atomic E-state index is 13.0. The van der Waals surface area contributed by atoms with E-state index in [0.29, 0.717) is 0 Å². The first-order chi connectivity index (χ1) is 6.44. The van der Waals surface area contributed by atoms with Crippen LogP contribution < -0.4 is 5.32 Å². The Labute approximate surface area is 78.4 Å². The Morgan fingerprint density at radius 2 is 1.86 bits per heavy atom. The van der Waals surface area contributed by atoms with Gasteiger partial charge in [-0.25, -0.2) is 13.2 Å². The SMILES string of the molecule is OC[C@@H]1N[C@@H](C(F)(F)CO)[C@H](O)[C@H]1F. The number of hydrogen-bond donors (Lipinski definition) is 4. The van der Waals surface area contributed by atoms with Crippen molar-refractivity contribution in [3.8, 4) is 0 Å². The fourth-order valence-corrected chi connectivity index (χ4v) is 1.47. The van der Waals surface area contributed by atoms with E-state index in [0.717, 1.165) is 0 Å². The fourth-order valence-electron chi connectivity index (χ4n) is 1.47. The second kappa shape index (κ2) is 4.01. The minimum Gasteiger partial charge on any atom is -0.395 e. The molecule has 14 heavy (non-hydrogen) atoms. The maximum Gasteiger partial charge on any atom is 0.288 e. The first-order valence-corrected chi connectivity index (χ1v) is 4.11. The van der Waals surface area contributed by atoms with Gasteiger partial charge in [-0.15, -0.1) is 0 Å². The molecule has 1 heterocycles. The molecular weight excluding hydrogens is 203 g/mol. The summed E-state index contributed by atoms with van der Waals surface area (Å²) in [4.78, 5) is 0. The molecule has 0 spiro atoms. The molecule has 84 valence electrons. The first-order valence-electron chi connectivity index (χ1n) is 4.11. The highest BCUT2D eigenvalue weighted by molar-refractivity contribution is 5.03. The van der Waals surface area contributed by atoms with Crippen molar-refractivity contribution < 1.29 is 28.5 Å². The minimum atomic E-state index is -3.60. The van der Waals surface area contributed by atoms with Gasteiger partial charge in [-0.2, -0.15) is 0 Å². The monoisotopic (exact) mass is 215 g/mol. The van der Waals surface area contributed by atoms with E-state index < -0.39 is 43.5 Å². The molecule has 0 saturated carbocycles. The van der Waals surface area contributed by atoms with Gasteiger partial charge < -0.3 is 15.3 Å². The Bertz CT molecular complexity index is 205. The predicted octanol–water partition coefficient (Wildman–Crippen LogP) is -1.35. The number of nitrogens with one attached hydrogen (secondary N) is 1. The van der Waals surface area contributed by atoms with Gasteiger partial charge in [-0.1, -0.05) is 0 Å². The zero-order valence-electron chi connectivity index (χ0n) is 7.20. The Morgan fingerprint density at radius 3 is 2.21 bits per heavy atom. The van der Waals surface area contributed by atoms with E-state index in [1.807, 2.05) is 5.32 Å². The Morgan fingerprint density at radius 1 is 1.29 bits per heavy atom. The molecule has 0 aromatic carbocycles. The third-order valence-electron chi connectivity index (χ3n) is 2.31. The van der Waals surface area contributed by atoms with E-state index in [2.05, 4.69) is 0 Å². The predicted molar refractivity (Wildman–Crippen MR) is 40.7 cm³/mol. The normalized spacial score (nSPS) is 39.0. The van der Waals surface area contributed by atoms with E-state index in [9.17, 15) is 13.2 Å². The van der Waals surface area contributed by atoms with Gasteiger partial charge in [0.25, 0.3) is 5.92 Å². The highest BCUT2D eigenvalue weighted by Gasteiger charge is 2.53. The molecule has 1 saturated heterocycles. The van der Waals surface area contributed by atoms with Crippen molar-refractivity contribution >= 4 is 0 Å². The summed E-state index contributed by atoms with van der Waals surface area (Å²) < 4.78 is 38.8. The van der Waals surface area contributed by atoms with E-state index >= 15 is 0 Å². The average Bonchev–Trinajstić information content (AvgIpc) is 2.44. The largest absolute Gasteiger partial charge is 0.395 e. The van der Waals surface area contributed by atoms with Crippen molar-refractivity contribution in [1.82, 2.24) is 5.32 Å². The molecule has 0 aliphatic carbocycles. The van der Waals surface area contributed by atoms with Crippen molar-refractivity contribution in [2.75, 3.05) is 13.2 Å². The Hall–Kier alpha value is -0.370. The van der Waals surface area contributed by atoms with Crippen LogP contribution in [-0.4, -0.2) is 58.8 Å². The Balaban J connectivity index is 2.74. The third kappa shape index (κ3) is 1.85. The van der Waals surface area contributed by atoms with Gasteiger partial charge in [0.1, 0.15) is 24.9 Å². The van der Waals surface area contributed by atoms with Gasteiger partial charge in [0.05, 0.1) is 12.6 Å². The maximum atomic E-state index is 13.0. The summed E-state index contributed by atoms with van der Waals surface area (Å²) in [5.41, 5.74) is 0. The van der Waals surface area contributed by atoms with Crippen LogP contribution in [0.1, 0.15) is 0 Å². The zero-order valence-corrected chi connectivity index (χ0v) is 7.20. The molecule has 0 radical (unpaired) electrons. The van der Waals surface area contributed by atoms with Gasteiger partial charge >= 0.3 is 0 Å². The molecule has 0 aromatic rings. The average molecular weight is 215 g/mol. The number of aliphatic hydroxyl groups excluding tert-OH is 3. The molecule has 1 aliphatic heterocycles. The lowest BCUT2D eigenvalue weighted by atomic mass is 10.0. The molecule has 4 nitrogen and oxygen atoms in total. The van der Waals surface area contributed by atoms with Crippen LogP contribution in [0.2, 0.25) is 0 Å². The zero-order chi connectivity index (χ0) is 10.9. The molecule has 0 bridgehead atoms. The topological polar surface area (TPSA) is 72.7 Å². The summed E-state index contributed by atoms with van der Waals surface area (Å²) in [5, 5.41) is 28.1. The number of hydrogen-bond acceptors (Lipinski definition) is 4. The number of halogens is 3. The highest BCUT2D eigenvalue weighted by Crippen LogP contribution is 2.29. The van der Waals surface area contributed by atoms with Crippen molar-refractivity contribution in [2.24, 2.45) is 0 Å². The van der Waals surface area contributed by atoms with Crippen LogP contribution in [0.4, 0.5) is 13.2 Å². The Kier molecular flexibility index (Phi) is 3.36. The van der Waals surface area contributed by atoms with Gasteiger partial charge in [0.2, 0.25) is 0 Å². The number of aliphatic hydroxyl groups is 3. The smallest absolute Gasteiger partial charge is 0.288 e. The lowest BCUT2D eigenvalue weighted by molar-refractivity contribution is -0.103. The van der Waals surface area contributed by atoms with Crippen LogP contribution in [0.3, 0.4) is 0 Å². The van der Waals surface area contributed by atoms with Gasteiger partial charge in [-0.3, -0.25) is 5.32 Å². The molecule has 0 unspecified atom stereocenters. The lowest BCUT2D eigenvalue weighted by Gasteiger charge is -2.23. The second-order valence-electron chi connectivity index (χ2n) is 3.29. The van der Waals surface area contributed by atoms with Crippen LogP contribution in [0.5, 0.6) is 0 Å². The summed E-state index contributed by atoms with van der Waals surface area (Å²) in [5.74, 6) is -3.60. The van der Waals surface area contributed by atoms with Crippen LogP contribution >= 0.6 is 0 Å². The summed E-state index contributed by atoms with van der Waals surface area (Å²) in [6.45, 7) is -2.16. The number of rotatable bonds is 3. The molecule has 4 N–H and O–H groups in total. The molecular formula is C7H12F3NO3. The van der Waals surface area contributed by atoms with E-state index in [4.69, 9.17) is 15.3 Å². The minimum absolute atomic E-state index is 0.684. The lowest BCUT2D eigenvalue weighted by Crippen LogP contribution is -2.50. The van der Waals surface area contributed by atoms with E-state index in [-0.39, 0.29) is 0 Å². The third-order valence-corrected chi connectivity index (χ3v) is 2.31. The van der Waals surface area contributed by atoms with Crippen molar-refractivity contribution in [2.45, 2.75) is 30.3 Å². The van der Waals surface area contributed by atoms with E-state index in [1.165, 1.54) is 0 Å². The van der Waals surface area contributed by atoms with E-state index in [1.54, 1.807) is 0 Å². The van der Waals surface area contributed by atoms with Crippen LogP contribution in [0.25, 0.3) is 0 Å². The van der Waals surface area contributed by atoms with Crippen molar-refractivity contribution in [3.63, 3.8) is 0 Å². The first kappa shape index (κ1) is 11.7. The number of alkyl halides is 3. The van der Waals surface area contributed by atoms with Crippen LogP contribution in [0, 0.1) is 0 Å². The summed E-state index contributed by atoms with van der Waals surface area (Å²) in [6, 6.07) is -3.08. The summed E-state index contributed by atoms with van der Waals surface area (Å²) in [6.07, 6.45) is -3.88. The van der Waals surface area contributed by atoms with Crippen LogP contribution in [0.15, 0.2) is 0 Å². The molecule has 1 fully saturated rings. The molecule has 1 rings (SSSR count). The van der Waals surface area contributed by atoms with Gasteiger partial charge in [-0.05, 0) is 0 Å². The molecule has 0 aromatic heterocycles. The van der Waals surface area contributed by atoms with Crippen molar-refractivity contribution in [1.29, 1.82) is 0 Å². The standard InChI is InChI=1S/C7H12F3NO3/c8-4-3(1-12)11-6(5(4)14)7(9,10)2-13/h3-6,11-14H,1-2H2/t3-,4-,5+,6+/m0/s1. The highest BCUT2D eigenvalue weighted by atomic mass is 19.3. The van der Waals surface area contributed by atoms with Gasteiger partial charge in [0.15, 0.2) is 0 Å². The van der Waals surface area contributed by atoms with Crippen molar-refractivity contribution in [3.05, 3.63) is 0 Å². The quantitative estimate of drug-likeness (QED) is 0.469. The molecule has 4 atom stereocenters.